The van der Waals surface area contributed by atoms with Gasteiger partial charge in [0.25, 0.3) is 5.91 Å². The lowest BCUT2D eigenvalue weighted by atomic mass is 10.2. The van der Waals surface area contributed by atoms with Crippen LogP contribution in [0.15, 0.2) is 40.8 Å². The maximum atomic E-state index is 13.9. The number of aromatic nitrogens is 1. The maximum absolute atomic E-state index is 13.9. The van der Waals surface area contributed by atoms with Crippen LogP contribution >= 0.6 is 0 Å². The minimum absolute atomic E-state index is 0.00112. The highest BCUT2D eigenvalue weighted by atomic mass is 19.1. The fourth-order valence-corrected chi connectivity index (χ4v) is 3.27. The molecule has 0 aliphatic heterocycles. The molecule has 1 atom stereocenters. The second kappa shape index (κ2) is 9.58. The van der Waals surface area contributed by atoms with E-state index < -0.39 is 23.6 Å². The Morgan fingerprint density at radius 3 is 2.70 bits per heavy atom. The van der Waals surface area contributed by atoms with Gasteiger partial charge in [0.05, 0.1) is 19.8 Å². The minimum Gasteiger partial charge on any atom is -0.493 e. The van der Waals surface area contributed by atoms with E-state index in [-0.39, 0.29) is 29.5 Å². The van der Waals surface area contributed by atoms with E-state index in [1.165, 1.54) is 6.07 Å². The van der Waals surface area contributed by atoms with Gasteiger partial charge in [-0.3, -0.25) is 4.79 Å². The van der Waals surface area contributed by atoms with Crippen molar-refractivity contribution in [1.82, 2.24) is 10.3 Å². The molecule has 9 heteroatoms. The number of carbonyl (C=O) groups excluding carboxylic acids is 1. The molecule has 3 aromatic rings. The van der Waals surface area contributed by atoms with E-state index >= 15 is 0 Å². The molecule has 1 fully saturated rings. The maximum Gasteiger partial charge on any atom is 0.273 e. The topological polar surface area (TPSA) is 99.6 Å². The van der Waals surface area contributed by atoms with Crippen LogP contribution in [-0.2, 0) is 6.54 Å². The molecule has 1 aliphatic rings. The molecule has 7 nitrogen and oxygen atoms in total. The predicted molar refractivity (Wildman–Crippen MR) is 117 cm³/mol. The third-order valence-electron chi connectivity index (χ3n) is 5.32. The van der Waals surface area contributed by atoms with Crippen LogP contribution in [0, 0.1) is 17.6 Å². The number of carbonyl (C=O) groups is 1. The molecular weight excluding hydrogens is 432 g/mol. The van der Waals surface area contributed by atoms with Crippen LogP contribution in [0.25, 0.3) is 11.5 Å². The summed E-state index contributed by atoms with van der Waals surface area (Å²) in [5, 5.41) is 2.58. The van der Waals surface area contributed by atoms with Gasteiger partial charge >= 0.3 is 0 Å². The number of nitrogens with zero attached hydrogens (tertiary/aromatic N) is 1. The molecule has 33 heavy (non-hydrogen) atoms. The summed E-state index contributed by atoms with van der Waals surface area (Å²) in [5.41, 5.74) is 6.73. The van der Waals surface area contributed by atoms with Gasteiger partial charge in [0.15, 0.2) is 23.0 Å². The van der Waals surface area contributed by atoms with E-state index in [4.69, 9.17) is 19.6 Å². The highest BCUT2D eigenvalue weighted by Gasteiger charge is 2.25. The zero-order valence-electron chi connectivity index (χ0n) is 18.4. The highest BCUT2D eigenvalue weighted by Crippen LogP contribution is 2.36. The molecule has 2 aromatic carbocycles. The Kier molecular flexibility index (Phi) is 6.60. The number of amides is 1. The quantitative estimate of drug-likeness (QED) is 0.495. The number of oxazole rings is 1. The van der Waals surface area contributed by atoms with Gasteiger partial charge in [0.1, 0.15) is 11.6 Å². The van der Waals surface area contributed by atoms with Crippen molar-refractivity contribution < 1.29 is 27.5 Å². The molecule has 3 N–H and O–H groups in total. The van der Waals surface area contributed by atoms with Crippen LogP contribution in [0.3, 0.4) is 0 Å². The number of rotatable bonds is 9. The molecule has 0 spiro atoms. The summed E-state index contributed by atoms with van der Waals surface area (Å²) in [6.07, 6.45) is 2.31. The summed E-state index contributed by atoms with van der Waals surface area (Å²) in [7, 11) is 1.56. The van der Waals surface area contributed by atoms with Crippen LogP contribution in [0.1, 0.15) is 47.6 Å². The smallest absolute Gasteiger partial charge is 0.273 e. The average Bonchev–Trinajstić information content (AvgIpc) is 3.51. The van der Waals surface area contributed by atoms with Crippen molar-refractivity contribution in [3.8, 4) is 23.0 Å². The highest BCUT2D eigenvalue weighted by molar-refractivity contribution is 5.94. The van der Waals surface area contributed by atoms with Crippen LogP contribution < -0.4 is 20.5 Å². The molecule has 4 rings (SSSR count). The van der Waals surface area contributed by atoms with Gasteiger partial charge in [-0.2, -0.15) is 0 Å². The second-order valence-corrected chi connectivity index (χ2v) is 8.06. The van der Waals surface area contributed by atoms with Crippen molar-refractivity contribution in [2.75, 3.05) is 13.7 Å². The van der Waals surface area contributed by atoms with E-state index in [1.807, 2.05) is 0 Å². The van der Waals surface area contributed by atoms with Gasteiger partial charge < -0.3 is 24.9 Å². The molecule has 0 unspecified atom stereocenters. The van der Waals surface area contributed by atoms with Gasteiger partial charge in [0.2, 0.25) is 5.89 Å². The third kappa shape index (κ3) is 5.31. The van der Waals surface area contributed by atoms with Crippen molar-refractivity contribution in [3.63, 3.8) is 0 Å². The Hall–Kier alpha value is -3.46. The van der Waals surface area contributed by atoms with Crippen molar-refractivity contribution in [2.24, 2.45) is 11.7 Å². The Labute approximate surface area is 189 Å². The normalized spacial score (nSPS) is 14.1. The lowest BCUT2D eigenvalue weighted by Gasteiger charge is -2.11. The summed E-state index contributed by atoms with van der Waals surface area (Å²) in [4.78, 5) is 17.1. The fourth-order valence-electron chi connectivity index (χ4n) is 3.27. The van der Waals surface area contributed by atoms with E-state index in [1.54, 1.807) is 32.2 Å². The Bertz CT molecular complexity index is 1160. The van der Waals surface area contributed by atoms with E-state index in [2.05, 4.69) is 10.3 Å². The van der Waals surface area contributed by atoms with Gasteiger partial charge in [-0.1, -0.05) is 6.07 Å². The first-order chi connectivity index (χ1) is 15.9. The number of halogens is 2. The minimum atomic E-state index is -0.750. The van der Waals surface area contributed by atoms with Crippen LogP contribution in [0.2, 0.25) is 0 Å². The number of ether oxygens (including phenoxy) is 2. The van der Waals surface area contributed by atoms with E-state index in [0.717, 1.165) is 25.0 Å². The first-order valence-corrected chi connectivity index (χ1v) is 10.7. The molecule has 1 amide bonds. The summed E-state index contributed by atoms with van der Waals surface area (Å²) >= 11 is 0. The zero-order valence-corrected chi connectivity index (χ0v) is 18.4. The number of nitrogens with one attached hydrogen (secondary N) is 1. The van der Waals surface area contributed by atoms with Gasteiger partial charge in [-0.05, 0) is 49.9 Å². The molecule has 0 bridgehead atoms. The van der Waals surface area contributed by atoms with Gasteiger partial charge in [-0.15, -0.1) is 0 Å². The first kappa shape index (κ1) is 22.7. The summed E-state index contributed by atoms with van der Waals surface area (Å²) < 4.78 is 44.1. The van der Waals surface area contributed by atoms with E-state index in [0.29, 0.717) is 29.6 Å². The predicted octanol–water partition coefficient (Wildman–Crippen LogP) is 4.37. The average molecular weight is 457 g/mol. The molecule has 1 heterocycles. The fraction of sp³-hybridized carbons (Fsp3) is 0.333. The SMILES string of the molecule is COc1ccc(-c2nc(C(=O)NCc3ccc(F)cc3F)c([C@H](C)N)o2)cc1OCC1CC1. The number of benzene rings is 2. The molecule has 0 radical (unpaired) electrons. The van der Waals surface area contributed by atoms with Crippen molar-refractivity contribution in [2.45, 2.75) is 32.4 Å². The molecular formula is C24H25F2N3O4. The summed E-state index contributed by atoms with van der Waals surface area (Å²) in [6, 6.07) is 7.77. The van der Waals surface area contributed by atoms with Gasteiger partial charge in [-0.25, -0.2) is 13.8 Å². The first-order valence-electron chi connectivity index (χ1n) is 10.7. The molecule has 1 aliphatic carbocycles. The van der Waals surface area contributed by atoms with Gasteiger partial charge in [0, 0.05) is 23.7 Å². The lowest BCUT2D eigenvalue weighted by molar-refractivity contribution is 0.0943. The summed E-state index contributed by atoms with van der Waals surface area (Å²) in [6.45, 7) is 2.12. The van der Waals surface area contributed by atoms with E-state index in [9.17, 15) is 13.6 Å². The second-order valence-electron chi connectivity index (χ2n) is 8.06. The summed E-state index contributed by atoms with van der Waals surface area (Å²) in [5.74, 6) is 0.0600. The van der Waals surface area contributed by atoms with Crippen molar-refractivity contribution in [3.05, 3.63) is 65.1 Å². The standard InChI is InChI=1S/C24H25F2N3O4/c1-13(27)22-21(23(30)28-11-16-5-7-17(25)10-18(16)26)29-24(33-22)15-6-8-19(31-2)20(9-15)32-12-14-3-4-14/h5-10,13-14H,3-4,11-12,27H2,1-2H3,(H,28,30)/t13-/m0/s1. The molecule has 1 saturated carbocycles. The lowest BCUT2D eigenvalue weighted by Crippen LogP contribution is -2.25. The monoisotopic (exact) mass is 457 g/mol. The Morgan fingerprint density at radius 1 is 1.24 bits per heavy atom. The number of nitrogens with two attached hydrogens (primary N) is 1. The molecule has 0 saturated heterocycles. The zero-order chi connectivity index (χ0) is 23.5. The molecule has 1 aromatic heterocycles. The number of hydrogen-bond donors (Lipinski definition) is 2. The molecule has 174 valence electrons. The number of methoxy groups -OCH3 is 1. The van der Waals surface area contributed by atoms with Crippen LogP contribution in [-0.4, -0.2) is 24.6 Å². The van der Waals surface area contributed by atoms with Crippen LogP contribution in [0.4, 0.5) is 8.78 Å². The number of hydrogen-bond acceptors (Lipinski definition) is 6. The van der Waals surface area contributed by atoms with Crippen molar-refractivity contribution in [1.29, 1.82) is 0 Å². The third-order valence-corrected chi connectivity index (χ3v) is 5.32. The van der Waals surface area contributed by atoms with Crippen molar-refractivity contribution >= 4 is 5.91 Å². The Morgan fingerprint density at radius 2 is 2.03 bits per heavy atom. The largest absolute Gasteiger partial charge is 0.493 e. The van der Waals surface area contributed by atoms with Crippen LogP contribution in [0.5, 0.6) is 11.5 Å². The Balaban J connectivity index is 1.56.